The van der Waals surface area contributed by atoms with E-state index >= 15 is 0 Å². The zero-order valence-corrected chi connectivity index (χ0v) is 12.5. The predicted molar refractivity (Wildman–Crippen MR) is 85.7 cm³/mol. The Morgan fingerprint density at radius 3 is 2.67 bits per heavy atom. The van der Waals surface area contributed by atoms with Crippen molar-refractivity contribution in [3.63, 3.8) is 0 Å². The van der Waals surface area contributed by atoms with Gasteiger partial charge in [-0.2, -0.15) is 0 Å². The van der Waals surface area contributed by atoms with Crippen LogP contribution in [0.15, 0.2) is 42.5 Å². The molecule has 2 aromatic carbocycles. The van der Waals surface area contributed by atoms with Crippen LogP contribution in [-0.4, -0.2) is 6.04 Å². The third kappa shape index (κ3) is 3.70. The minimum Gasteiger partial charge on any atom is -0.310 e. The van der Waals surface area contributed by atoms with Gasteiger partial charge in [-0.25, -0.2) is 4.39 Å². The Bertz CT molecular complexity index is 617. The van der Waals surface area contributed by atoms with E-state index in [1.54, 1.807) is 6.07 Å². The lowest BCUT2D eigenvalue weighted by atomic mass is 9.99. The second-order valence-corrected chi connectivity index (χ2v) is 5.91. The van der Waals surface area contributed by atoms with Gasteiger partial charge in [0.1, 0.15) is 5.82 Å². The quantitative estimate of drug-likeness (QED) is 0.810. The first-order valence-corrected chi connectivity index (χ1v) is 7.87. The number of halogens is 1. The van der Waals surface area contributed by atoms with E-state index in [-0.39, 0.29) is 5.82 Å². The topological polar surface area (TPSA) is 12.0 Å². The molecule has 2 aromatic rings. The van der Waals surface area contributed by atoms with Crippen molar-refractivity contribution in [2.45, 2.75) is 45.2 Å². The number of rotatable bonds is 6. The van der Waals surface area contributed by atoms with E-state index in [4.69, 9.17) is 0 Å². The van der Waals surface area contributed by atoms with Gasteiger partial charge in [0.05, 0.1) is 0 Å². The SMILES string of the molecule is CCCc1cccc(-c2ccc(F)c(CNC3CC3)c2)c1. The largest absolute Gasteiger partial charge is 0.310 e. The van der Waals surface area contributed by atoms with Crippen LogP contribution in [0, 0.1) is 5.82 Å². The smallest absolute Gasteiger partial charge is 0.127 e. The van der Waals surface area contributed by atoms with Gasteiger partial charge in [0.25, 0.3) is 0 Å². The number of hydrogen-bond donors (Lipinski definition) is 1. The van der Waals surface area contributed by atoms with Crippen molar-refractivity contribution in [1.82, 2.24) is 5.32 Å². The lowest BCUT2D eigenvalue weighted by Crippen LogP contribution is -2.16. The third-order valence-corrected chi connectivity index (χ3v) is 4.00. The molecule has 1 N–H and O–H groups in total. The third-order valence-electron chi connectivity index (χ3n) is 4.00. The first-order valence-electron chi connectivity index (χ1n) is 7.87. The highest BCUT2D eigenvalue weighted by atomic mass is 19.1. The Kier molecular flexibility index (Phi) is 4.35. The van der Waals surface area contributed by atoms with Crippen LogP contribution in [0.5, 0.6) is 0 Å². The molecule has 0 heterocycles. The summed E-state index contributed by atoms with van der Waals surface area (Å²) in [7, 11) is 0. The van der Waals surface area contributed by atoms with E-state index in [0.29, 0.717) is 12.6 Å². The molecule has 0 aromatic heterocycles. The normalized spacial score (nSPS) is 14.4. The first-order chi connectivity index (χ1) is 10.3. The van der Waals surface area contributed by atoms with Crippen LogP contribution in [0.4, 0.5) is 4.39 Å². The molecule has 0 amide bonds. The van der Waals surface area contributed by atoms with Crippen molar-refractivity contribution in [2.75, 3.05) is 0 Å². The summed E-state index contributed by atoms with van der Waals surface area (Å²) < 4.78 is 13.9. The zero-order valence-electron chi connectivity index (χ0n) is 12.5. The molecule has 1 nitrogen and oxygen atoms in total. The Morgan fingerprint density at radius 1 is 1.10 bits per heavy atom. The molecule has 3 rings (SSSR count). The summed E-state index contributed by atoms with van der Waals surface area (Å²) in [6.45, 7) is 2.81. The molecule has 0 saturated heterocycles. The second-order valence-electron chi connectivity index (χ2n) is 5.91. The van der Waals surface area contributed by atoms with Gasteiger partial charge in [-0.05, 0) is 48.1 Å². The van der Waals surface area contributed by atoms with Gasteiger partial charge in [-0.1, -0.05) is 43.7 Å². The lowest BCUT2D eigenvalue weighted by Gasteiger charge is -2.09. The Balaban J connectivity index is 1.83. The van der Waals surface area contributed by atoms with Gasteiger partial charge in [-0.15, -0.1) is 0 Å². The van der Waals surface area contributed by atoms with Crippen molar-refractivity contribution >= 4 is 0 Å². The molecule has 21 heavy (non-hydrogen) atoms. The molecule has 0 aliphatic heterocycles. The van der Waals surface area contributed by atoms with Gasteiger partial charge >= 0.3 is 0 Å². The average molecular weight is 283 g/mol. The fourth-order valence-corrected chi connectivity index (χ4v) is 2.63. The maximum atomic E-state index is 13.9. The fraction of sp³-hybridized carbons (Fsp3) is 0.368. The molecule has 1 fully saturated rings. The summed E-state index contributed by atoms with van der Waals surface area (Å²) in [6.07, 6.45) is 4.68. The molecule has 0 spiro atoms. The van der Waals surface area contributed by atoms with Crippen molar-refractivity contribution < 1.29 is 4.39 Å². The summed E-state index contributed by atoms with van der Waals surface area (Å²) in [4.78, 5) is 0. The van der Waals surface area contributed by atoms with Crippen LogP contribution < -0.4 is 5.32 Å². The highest BCUT2D eigenvalue weighted by Gasteiger charge is 2.20. The molecular weight excluding hydrogens is 261 g/mol. The number of benzene rings is 2. The summed E-state index contributed by atoms with van der Waals surface area (Å²) in [5.74, 6) is -0.114. The summed E-state index contributed by atoms with van der Waals surface area (Å²) in [5, 5.41) is 3.38. The van der Waals surface area contributed by atoms with Crippen LogP contribution in [0.3, 0.4) is 0 Å². The zero-order chi connectivity index (χ0) is 14.7. The van der Waals surface area contributed by atoms with Gasteiger partial charge in [0.15, 0.2) is 0 Å². The summed E-state index contributed by atoms with van der Waals surface area (Å²) >= 11 is 0. The average Bonchev–Trinajstić information content (AvgIpc) is 3.31. The molecule has 110 valence electrons. The number of aryl methyl sites for hydroxylation is 1. The van der Waals surface area contributed by atoms with Crippen LogP contribution in [0.25, 0.3) is 11.1 Å². The van der Waals surface area contributed by atoms with E-state index in [1.807, 2.05) is 12.1 Å². The van der Waals surface area contributed by atoms with E-state index < -0.39 is 0 Å². The standard InChI is InChI=1S/C19H22FN/c1-2-4-14-5-3-6-15(11-14)16-7-10-19(20)17(12-16)13-21-18-8-9-18/h3,5-7,10-12,18,21H,2,4,8-9,13H2,1H3. The van der Waals surface area contributed by atoms with Gasteiger partial charge < -0.3 is 5.32 Å². The second kappa shape index (κ2) is 6.40. The number of hydrogen-bond acceptors (Lipinski definition) is 1. The van der Waals surface area contributed by atoms with Crippen LogP contribution in [0.2, 0.25) is 0 Å². The summed E-state index contributed by atoms with van der Waals surface area (Å²) in [5.41, 5.74) is 4.38. The van der Waals surface area contributed by atoms with Crippen LogP contribution >= 0.6 is 0 Å². The maximum absolute atomic E-state index is 13.9. The van der Waals surface area contributed by atoms with Gasteiger partial charge in [0, 0.05) is 18.2 Å². The first kappa shape index (κ1) is 14.3. The molecule has 1 aliphatic carbocycles. The van der Waals surface area contributed by atoms with Crippen molar-refractivity contribution in [1.29, 1.82) is 0 Å². The van der Waals surface area contributed by atoms with E-state index in [9.17, 15) is 4.39 Å². The highest BCUT2D eigenvalue weighted by Crippen LogP contribution is 2.25. The van der Waals surface area contributed by atoms with Gasteiger partial charge in [-0.3, -0.25) is 0 Å². The Morgan fingerprint density at radius 2 is 1.90 bits per heavy atom. The molecule has 0 bridgehead atoms. The molecule has 0 atom stereocenters. The molecule has 2 heteroatoms. The Labute approximate surface area is 126 Å². The van der Waals surface area contributed by atoms with Crippen molar-refractivity contribution in [3.8, 4) is 11.1 Å². The maximum Gasteiger partial charge on any atom is 0.127 e. The monoisotopic (exact) mass is 283 g/mol. The van der Waals surface area contributed by atoms with Crippen molar-refractivity contribution in [2.24, 2.45) is 0 Å². The molecule has 1 saturated carbocycles. The van der Waals surface area contributed by atoms with E-state index in [1.165, 1.54) is 24.0 Å². The van der Waals surface area contributed by atoms with E-state index in [2.05, 4.69) is 36.5 Å². The minimum absolute atomic E-state index is 0.114. The predicted octanol–water partition coefficient (Wildman–Crippen LogP) is 4.70. The molecule has 1 aliphatic rings. The van der Waals surface area contributed by atoms with Crippen LogP contribution in [0.1, 0.15) is 37.3 Å². The summed E-state index contributed by atoms with van der Waals surface area (Å²) in [6, 6.07) is 14.6. The Hall–Kier alpha value is -1.67. The van der Waals surface area contributed by atoms with E-state index in [0.717, 1.165) is 24.0 Å². The molecule has 0 unspecified atom stereocenters. The lowest BCUT2D eigenvalue weighted by molar-refractivity contribution is 0.587. The number of nitrogens with one attached hydrogen (secondary N) is 1. The van der Waals surface area contributed by atoms with Crippen molar-refractivity contribution in [3.05, 3.63) is 59.4 Å². The minimum atomic E-state index is -0.114. The molecular formula is C19H22FN. The van der Waals surface area contributed by atoms with Gasteiger partial charge in [0.2, 0.25) is 0 Å². The van der Waals surface area contributed by atoms with Crippen LogP contribution in [-0.2, 0) is 13.0 Å². The highest BCUT2D eigenvalue weighted by molar-refractivity contribution is 5.65. The molecule has 0 radical (unpaired) electrons. The fourth-order valence-electron chi connectivity index (χ4n) is 2.63.